The largest absolute Gasteiger partial charge is 0.310 e. The molecule has 1 aliphatic rings. The van der Waals surface area contributed by atoms with Crippen LogP contribution in [0, 0.1) is 9.39 Å². The molecular formula is C10H11FIN. The molecule has 0 radical (unpaired) electrons. The Kier molecular flexibility index (Phi) is 2.83. The van der Waals surface area contributed by atoms with Gasteiger partial charge < -0.3 is 5.32 Å². The molecule has 0 spiro atoms. The van der Waals surface area contributed by atoms with Crippen LogP contribution in [0.5, 0.6) is 0 Å². The number of hydrogen-bond donors (Lipinski definition) is 1. The van der Waals surface area contributed by atoms with Gasteiger partial charge in [0.2, 0.25) is 0 Å². The van der Waals surface area contributed by atoms with Crippen LogP contribution in [0.1, 0.15) is 24.4 Å². The summed E-state index contributed by atoms with van der Waals surface area (Å²) in [6.07, 6.45) is 2.20. The molecule has 2 rings (SSSR count). The third kappa shape index (κ3) is 1.86. The molecule has 70 valence electrons. The predicted octanol–water partition coefficient (Wildman–Crippen LogP) is 2.85. The highest BCUT2D eigenvalue weighted by Gasteiger charge is 2.21. The van der Waals surface area contributed by atoms with Gasteiger partial charge in [0.25, 0.3) is 0 Å². The Bertz CT molecular complexity index is 288. The highest BCUT2D eigenvalue weighted by molar-refractivity contribution is 14.1. The molecule has 0 saturated carbocycles. The van der Waals surface area contributed by atoms with E-state index in [1.165, 1.54) is 6.07 Å². The summed E-state index contributed by atoms with van der Waals surface area (Å²) in [5, 5.41) is 3.31. The van der Waals surface area contributed by atoms with E-state index in [2.05, 4.69) is 27.9 Å². The zero-order valence-electron chi connectivity index (χ0n) is 7.19. The van der Waals surface area contributed by atoms with Gasteiger partial charge in [0, 0.05) is 15.2 Å². The Morgan fingerprint density at radius 1 is 1.46 bits per heavy atom. The van der Waals surface area contributed by atoms with E-state index in [1.54, 1.807) is 6.07 Å². The monoisotopic (exact) mass is 291 g/mol. The fourth-order valence-electron chi connectivity index (χ4n) is 1.77. The average molecular weight is 291 g/mol. The fraction of sp³-hybridized carbons (Fsp3) is 0.400. The summed E-state index contributed by atoms with van der Waals surface area (Å²) in [7, 11) is 0. The van der Waals surface area contributed by atoms with Gasteiger partial charge in [0.1, 0.15) is 5.82 Å². The van der Waals surface area contributed by atoms with Crippen LogP contribution < -0.4 is 5.32 Å². The lowest BCUT2D eigenvalue weighted by Gasteiger charge is -2.13. The van der Waals surface area contributed by atoms with Crippen molar-refractivity contribution in [2.75, 3.05) is 6.54 Å². The molecule has 1 nitrogen and oxygen atoms in total. The van der Waals surface area contributed by atoms with Crippen LogP contribution in [0.4, 0.5) is 4.39 Å². The highest BCUT2D eigenvalue weighted by Crippen LogP contribution is 2.28. The molecular weight excluding hydrogens is 280 g/mol. The Morgan fingerprint density at radius 3 is 2.92 bits per heavy atom. The minimum Gasteiger partial charge on any atom is -0.310 e. The van der Waals surface area contributed by atoms with Gasteiger partial charge in [-0.05, 0) is 54.1 Å². The van der Waals surface area contributed by atoms with Crippen LogP contribution in [0.15, 0.2) is 18.2 Å². The lowest BCUT2D eigenvalue weighted by molar-refractivity contribution is 0.556. The van der Waals surface area contributed by atoms with Gasteiger partial charge >= 0.3 is 0 Å². The van der Waals surface area contributed by atoms with Crippen LogP contribution in [-0.2, 0) is 0 Å². The van der Waals surface area contributed by atoms with E-state index in [0.717, 1.165) is 28.5 Å². The van der Waals surface area contributed by atoms with E-state index in [1.807, 2.05) is 6.07 Å². The molecule has 0 aromatic heterocycles. The van der Waals surface area contributed by atoms with Crippen LogP contribution in [0.2, 0.25) is 0 Å². The molecule has 1 fully saturated rings. The van der Waals surface area contributed by atoms with E-state index in [0.29, 0.717) is 0 Å². The zero-order chi connectivity index (χ0) is 9.26. The summed E-state index contributed by atoms with van der Waals surface area (Å²) < 4.78 is 14.5. The van der Waals surface area contributed by atoms with Gasteiger partial charge in [-0.2, -0.15) is 0 Å². The Labute approximate surface area is 90.9 Å². The minimum atomic E-state index is -0.0775. The molecule has 0 bridgehead atoms. The normalized spacial score (nSPS) is 22.2. The standard InChI is InChI=1S/C10H11FIN/c11-7-3-1-4-8(12)10(7)9-5-2-6-13-9/h1,3-4,9,13H,2,5-6H2/t9-/m1/s1. The lowest BCUT2D eigenvalue weighted by atomic mass is 10.1. The van der Waals surface area contributed by atoms with Crippen LogP contribution in [-0.4, -0.2) is 6.54 Å². The van der Waals surface area contributed by atoms with Crippen molar-refractivity contribution in [3.05, 3.63) is 33.1 Å². The second kappa shape index (κ2) is 3.92. The summed E-state index contributed by atoms with van der Waals surface area (Å²) in [4.78, 5) is 0. The number of hydrogen-bond acceptors (Lipinski definition) is 1. The van der Waals surface area contributed by atoms with Gasteiger partial charge in [-0.3, -0.25) is 0 Å². The van der Waals surface area contributed by atoms with Crippen molar-refractivity contribution in [3.8, 4) is 0 Å². The van der Waals surface area contributed by atoms with Gasteiger partial charge in [0.15, 0.2) is 0 Å². The zero-order valence-corrected chi connectivity index (χ0v) is 9.34. The molecule has 1 aromatic carbocycles. The molecule has 1 saturated heterocycles. The maximum atomic E-state index is 13.5. The van der Waals surface area contributed by atoms with E-state index < -0.39 is 0 Å². The maximum absolute atomic E-state index is 13.5. The van der Waals surface area contributed by atoms with Gasteiger partial charge in [0.05, 0.1) is 0 Å². The van der Waals surface area contributed by atoms with E-state index in [9.17, 15) is 4.39 Å². The van der Waals surface area contributed by atoms with Crippen molar-refractivity contribution >= 4 is 22.6 Å². The van der Waals surface area contributed by atoms with Crippen molar-refractivity contribution < 1.29 is 4.39 Å². The van der Waals surface area contributed by atoms with Crippen molar-refractivity contribution in [2.45, 2.75) is 18.9 Å². The molecule has 1 N–H and O–H groups in total. The topological polar surface area (TPSA) is 12.0 Å². The smallest absolute Gasteiger partial charge is 0.129 e. The SMILES string of the molecule is Fc1cccc(I)c1[C@H]1CCCN1. The number of rotatable bonds is 1. The number of nitrogens with one attached hydrogen (secondary N) is 1. The predicted molar refractivity (Wildman–Crippen MR) is 59.1 cm³/mol. The summed E-state index contributed by atoms with van der Waals surface area (Å²) in [5.74, 6) is -0.0775. The lowest BCUT2D eigenvalue weighted by Crippen LogP contribution is -2.15. The third-order valence-electron chi connectivity index (χ3n) is 2.41. The van der Waals surface area contributed by atoms with Gasteiger partial charge in [-0.15, -0.1) is 0 Å². The first kappa shape index (κ1) is 9.40. The summed E-state index contributed by atoms with van der Waals surface area (Å²) >= 11 is 2.20. The third-order valence-corrected chi connectivity index (χ3v) is 3.35. The Morgan fingerprint density at radius 2 is 2.31 bits per heavy atom. The summed E-state index contributed by atoms with van der Waals surface area (Å²) in [6, 6.07) is 5.49. The second-order valence-electron chi connectivity index (χ2n) is 3.28. The molecule has 1 heterocycles. The van der Waals surface area contributed by atoms with Crippen molar-refractivity contribution in [1.29, 1.82) is 0 Å². The van der Waals surface area contributed by atoms with Gasteiger partial charge in [-0.25, -0.2) is 4.39 Å². The van der Waals surface area contributed by atoms with Crippen LogP contribution in [0.25, 0.3) is 0 Å². The Hall–Kier alpha value is -0.160. The fourth-order valence-corrected chi connectivity index (χ4v) is 2.62. The van der Waals surface area contributed by atoms with E-state index in [4.69, 9.17) is 0 Å². The quantitative estimate of drug-likeness (QED) is 0.785. The molecule has 1 aromatic rings. The molecule has 0 unspecified atom stereocenters. The summed E-state index contributed by atoms with van der Waals surface area (Å²) in [6.45, 7) is 1.01. The Balaban J connectivity index is 2.37. The maximum Gasteiger partial charge on any atom is 0.129 e. The van der Waals surface area contributed by atoms with Crippen molar-refractivity contribution in [2.24, 2.45) is 0 Å². The molecule has 0 aliphatic carbocycles. The highest BCUT2D eigenvalue weighted by atomic mass is 127. The molecule has 13 heavy (non-hydrogen) atoms. The first-order valence-electron chi connectivity index (χ1n) is 4.46. The second-order valence-corrected chi connectivity index (χ2v) is 4.45. The molecule has 0 amide bonds. The first-order valence-corrected chi connectivity index (χ1v) is 5.54. The molecule has 1 atom stereocenters. The van der Waals surface area contributed by atoms with E-state index >= 15 is 0 Å². The van der Waals surface area contributed by atoms with Crippen LogP contribution >= 0.6 is 22.6 Å². The van der Waals surface area contributed by atoms with Crippen molar-refractivity contribution in [3.63, 3.8) is 0 Å². The van der Waals surface area contributed by atoms with Gasteiger partial charge in [-0.1, -0.05) is 6.07 Å². The summed E-state index contributed by atoms with van der Waals surface area (Å²) in [5.41, 5.74) is 0.848. The average Bonchev–Trinajstić information content (AvgIpc) is 2.57. The molecule has 3 heteroatoms. The number of benzene rings is 1. The van der Waals surface area contributed by atoms with Crippen LogP contribution in [0.3, 0.4) is 0 Å². The first-order chi connectivity index (χ1) is 6.29. The number of halogens is 2. The van der Waals surface area contributed by atoms with E-state index in [-0.39, 0.29) is 11.9 Å². The van der Waals surface area contributed by atoms with Crippen molar-refractivity contribution in [1.82, 2.24) is 5.32 Å². The molecule has 1 aliphatic heterocycles. The minimum absolute atomic E-state index is 0.0775.